The number of aryl methyl sites for hydroxylation is 1. The molecule has 0 radical (unpaired) electrons. The SMILES string of the molecule is C[C@H](NS(=O)/C=C/C(=N)C1=C(N)[C@@H](CCc2cccc(F)c2)CCCC1)c1ccccc1. The van der Waals surface area contributed by atoms with Crippen LogP contribution in [0.3, 0.4) is 0 Å². The first-order valence-corrected chi connectivity index (χ1v) is 12.4. The molecule has 4 nitrogen and oxygen atoms in total. The number of rotatable bonds is 9. The van der Waals surface area contributed by atoms with Gasteiger partial charge in [0.15, 0.2) is 0 Å². The highest BCUT2D eigenvalue weighted by molar-refractivity contribution is 7.86. The van der Waals surface area contributed by atoms with E-state index in [0.29, 0.717) is 5.71 Å². The summed E-state index contributed by atoms with van der Waals surface area (Å²) in [7, 11) is -1.40. The second kappa shape index (κ2) is 11.9. The molecule has 0 amide bonds. The standard InChI is InChI=1S/C26H32FN3OS/c1-19(21-9-3-2-4-10-21)30-32(31)17-16-25(28)24-13-6-5-11-22(26(24)29)15-14-20-8-7-12-23(27)18-20/h2-4,7-10,12,16-19,22,28,30H,5-6,11,13-15,29H2,1H3/b17-16+,28-25?/t19-,22+,32?/m0/s1. The molecule has 0 saturated carbocycles. The van der Waals surface area contributed by atoms with E-state index < -0.39 is 11.0 Å². The summed E-state index contributed by atoms with van der Waals surface area (Å²) in [5, 5.41) is 10.1. The van der Waals surface area contributed by atoms with Crippen LogP contribution < -0.4 is 10.5 Å². The summed E-state index contributed by atoms with van der Waals surface area (Å²) in [6.45, 7) is 1.96. The molecule has 1 aliphatic carbocycles. The quantitative estimate of drug-likeness (QED) is 0.425. The number of nitrogens with two attached hydrogens (primary N) is 1. The summed E-state index contributed by atoms with van der Waals surface area (Å²) in [5.41, 5.74) is 10.5. The van der Waals surface area contributed by atoms with Crippen LogP contribution in [0, 0.1) is 17.1 Å². The Morgan fingerprint density at radius 2 is 2.03 bits per heavy atom. The van der Waals surface area contributed by atoms with Crippen LogP contribution in [0.25, 0.3) is 0 Å². The van der Waals surface area contributed by atoms with Crippen LogP contribution in [0.5, 0.6) is 0 Å². The summed E-state index contributed by atoms with van der Waals surface area (Å²) in [6, 6.07) is 16.5. The predicted octanol–water partition coefficient (Wildman–Crippen LogP) is 5.71. The summed E-state index contributed by atoms with van der Waals surface area (Å²) in [6.07, 6.45) is 6.95. The molecular formula is C26H32FN3OS. The molecule has 0 fully saturated rings. The summed E-state index contributed by atoms with van der Waals surface area (Å²) >= 11 is 0. The monoisotopic (exact) mass is 453 g/mol. The minimum atomic E-state index is -1.40. The van der Waals surface area contributed by atoms with Gasteiger partial charge in [0.2, 0.25) is 0 Å². The van der Waals surface area contributed by atoms with E-state index in [4.69, 9.17) is 11.1 Å². The van der Waals surface area contributed by atoms with Crippen molar-refractivity contribution in [1.82, 2.24) is 4.72 Å². The maximum Gasteiger partial charge on any atom is 0.123 e. The van der Waals surface area contributed by atoms with E-state index in [0.717, 1.165) is 60.9 Å². The lowest BCUT2D eigenvalue weighted by Gasteiger charge is -2.18. The molecule has 0 aromatic heterocycles. The molecule has 6 heteroatoms. The Labute approximate surface area is 192 Å². The van der Waals surface area contributed by atoms with Gasteiger partial charge in [-0.15, -0.1) is 0 Å². The van der Waals surface area contributed by atoms with Gasteiger partial charge in [0.05, 0.1) is 5.71 Å². The van der Waals surface area contributed by atoms with Crippen LogP contribution in [0.2, 0.25) is 0 Å². The second-order valence-electron chi connectivity index (χ2n) is 8.31. The summed E-state index contributed by atoms with van der Waals surface area (Å²) < 4.78 is 29.0. The predicted molar refractivity (Wildman–Crippen MR) is 131 cm³/mol. The zero-order valence-electron chi connectivity index (χ0n) is 18.5. The molecule has 3 rings (SSSR count). The molecule has 2 aromatic carbocycles. The molecule has 0 saturated heterocycles. The van der Waals surface area contributed by atoms with Crippen molar-refractivity contribution in [2.24, 2.45) is 11.7 Å². The van der Waals surface area contributed by atoms with E-state index in [9.17, 15) is 8.60 Å². The number of nitrogens with one attached hydrogen (secondary N) is 2. The van der Waals surface area contributed by atoms with Crippen molar-refractivity contribution in [3.8, 4) is 0 Å². The topological polar surface area (TPSA) is 79.0 Å². The van der Waals surface area contributed by atoms with Gasteiger partial charge in [-0.1, -0.05) is 48.9 Å². The van der Waals surface area contributed by atoms with Crippen molar-refractivity contribution < 1.29 is 8.60 Å². The Morgan fingerprint density at radius 3 is 2.78 bits per heavy atom. The third kappa shape index (κ3) is 6.97. The van der Waals surface area contributed by atoms with Gasteiger partial charge in [-0.25, -0.2) is 13.3 Å². The fourth-order valence-electron chi connectivity index (χ4n) is 4.12. The largest absolute Gasteiger partial charge is 0.402 e. The van der Waals surface area contributed by atoms with Crippen molar-refractivity contribution in [2.75, 3.05) is 0 Å². The number of hydrogen-bond donors (Lipinski definition) is 3. The molecule has 3 atom stereocenters. The minimum Gasteiger partial charge on any atom is -0.402 e. The lowest BCUT2D eigenvalue weighted by Crippen LogP contribution is -2.20. The fourth-order valence-corrected chi connectivity index (χ4v) is 4.94. The van der Waals surface area contributed by atoms with Crippen molar-refractivity contribution in [3.63, 3.8) is 0 Å². The van der Waals surface area contributed by atoms with Crippen LogP contribution in [0.15, 0.2) is 77.4 Å². The van der Waals surface area contributed by atoms with Gasteiger partial charge in [0.1, 0.15) is 16.8 Å². The third-order valence-corrected chi connectivity index (χ3v) is 6.93. The van der Waals surface area contributed by atoms with E-state index in [1.807, 2.05) is 43.3 Å². The molecule has 0 bridgehead atoms. The lowest BCUT2D eigenvalue weighted by molar-refractivity contribution is 0.498. The molecule has 2 aromatic rings. The molecule has 0 spiro atoms. The van der Waals surface area contributed by atoms with Crippen LogP contribution >= 0.6 is 0 Å². The number of halogens is 1. The van der Waals surface area contributed by atoms with Crippen molar-refractivity contribution in [1.29, 1.82) is 5.41 Å². The summed E-state index contributed by atoms with van der Waals surface area (Å²) in [5.74, 6) is -0.0473. The van der Waals surface area contributed by atoms with Crippen molar-refractivity contribution in [3.05, 3.63) is 94.3 Å². The second-order valence-corrected chi connectivity index (χ2v) is 9.41. The van der Waals surface area contributed by atoms with E-state index in [-0.39, 0.29) is 17.8 Å². The zero-order chi connectivity index (χ0) is 22.9. The van der Waals surface area contributed by atoms with Gasteiger partial charge in [0.25, 0.3) is 0 Å². The van der Waals surface area contributed by atoms with Gasteiger partial charge >= 0.3 is 0 Å². The van der Waals surface area contributed by atoms with Crippen LogP contribution in [-0.4, -0.2) is 9.92 Å². The van der Waals surface area contributed by atoms with Gasteiger partial charge < -0.3 is 11.1 Å². The minimum absolute atomic E-state index is 0.0646. The van der Waals surface area contributed by atoms with Crippen molar-refractivity contribution in [2.45, 2.75) is 51.5 Å². The Hall–Kier alpha value is -2.57. The van der Waals surface area contributed by atoms with Gasteiger partial charge in [-0.05, 0) is 79.9 Å². The highest BCUT2D eigenvalue weighted by atomic mass is 32.2. The Balaban J connectivity index is 1.62. The molecule has 0 heterocycles. The first kappa shape index (κ1) is 24.1. The van der Waals surface area contributed by atoms with Crippen LogP contribution in [-0.2, 0) is 17.4 Å². The van der Waals surface area contributed by atoms with Crippen LogP contribution in [0.1, 0.15) is 56.2 Å². The Kier molecular flexibility index (Phi) is 8.94. The Morgan fingerprint density at radius 1 is 1.25 bits per heavy atom. The lowest BCUT2D eigenvalue weighted by atomic mass is 9.91. The fraction of sp³-hybridized carbons (Fsp3) is 0.346. The molecule has 170 valence electrons. The highest BCUT2D eigenvalue weighted by Crippen LogP contribution is 2.30. The molecular weight excluding hydrogens is 421 g/mol. The normalized spacial score (nSPS) is 19.0. The molecule has 0 aliphatic heterocycles. The third-order valence-electron chi connectivity index (χ3n) is 5.96. The van der Waals surface area contributed by atoms with Gasteiger partial charge in [-0.3, -0.25) is 0 Å². The first-order chi connectivity index (χ1) is 15.4. The van der Waals surface area contributed by atoms with Crippen molar-refractivity contribution >= 4 is 16.7 Å². The average molecular weight is 454 g/mol. The number of hydrogen-bond acceptors (Lipinski definition) is 3. The molecule has 1 unspecified atom stereocenters. The number of allylic oxidation sites excluding steroid dienone is 3. The average Bonchev–Trinajstić information content (AvgIpc) is 2.98. The molecule has 4 N–H and O–H groups in total. The highest BCUT2D eigenvalue weighted by Gasteiger charge is 2.21. The van der Waals surface area contributed by atoms with E-state index in [2.05, 4.69) is 4.72 Å². The summed E-state index contributed by atoms with van der Waals surface area (Å²) in [4.78, 5) is 0. The van der Waals surface area contributed by atoms with Gasteiger partial charge in [0, 0.05) is 17.1 Å². The molecule has 1 aliphatic rings. The number of benzene rings is 2. The van der Waals surface area contributed by atoms with Gasteiger partial charge in [-0.2, -0.15) is 0 Å². The van der Waals surface area contributed by atoms with Crippen LogP contribution in [0.4, 0.5) is 4.39 Å². The van der Waals surface area contributed by atoms with E-state index in [1.54, 1.807) is 18.2 Å². The van der Waals surface area contributed by atoms with E-state index in [1.165, 1.54) is 11.5 Å². The van der Waals surface area contributed by atoms with E-state index >= 15 is 0 Å². The Bertz CT molecular complexity index is 1000. The smallest absolute Gasteiger partial charge is 0.123 e. The zero-order valence-corrected chi connectivity index (χ0v) is 19.3. The maximum absolute atomic E-state index is 13.5. The molecule has 32 heavy (non-hydrogen) atoms. The maximum atomic E-state index is 13.5. The first-order valence-electron chi connectivity index (χ1n) is 11.2.